The Morgan fingerprint density at radius 2 is 2.04 bits per heavy atom. The van der Waals surface area contributed by atoms with Gasteiger partial charge in [0.2, 0.25) is 11.8 Å². The Labute approximate surface area is 151 Å². The molecule has 1 aliphatic rings. The van der Waals surface area contributed by atoms with Crippen LogP contribution >= 0.6 is 0 Å². The number of carbonyl (C=O) groups is 2. The predicted molar refractivity (Wildman–Crippen MR) is 99.2 cm³/mol. The van der Waals surface area contributed by atoms with Crippen LogP contribution in [0.4, 0.5) is 5.69 Å². The number of hydrogen-bond acceptors (Lipinski definition) is 5. The van der Waals surface area contributed by atoms with E-state index in [1.54, 1.807) is 12.1 Å². The third-order valence-electron chi connectivity index (χ3n) is 4.80. The maximum atomic E-state index is 12.5. The molecule has 0 radical (unpaired) electrons. The number of aryl methyl sites for hydroxylation is 2. The Morgan fingerprint density at radius 3 is 2.77 bits per heavy atom. The van der Waals surface area contributed by atoms with Gasteiger partial charge < -0.3 is 15.1 Å². The van der Waals surface area contributed by atoms with E-state index in [4.69, 9.17) is 4.42 Å². The number of likely N-dealkylation sites (N-methyl/N-ethyl adjacent to an activating group) is 1. The zero-order valence-corrected chi connectivity index (χ0v) is 15.2. The minimum Gasteiger partial charge on any atom is -0.423 e. The van der Waals surface area contributed by atoms with Gasteiger partial charge in [0.25, 0.3) is 0 Å². The van der Waals surface area contributed by atoms with Crippen LogP contribution in [-0.2, 0) is 9.59 Å². The number of fused-ring (bicyclic) bond motifs is 1. The molecule has 0 spiro atoms. The minimum absolute atomic E-state index is 0.0972. The molecule has 0 bridgehead atoms. The molecule has 2 heterocycles. The third kappa shape index (κ3) is 3.62. The second-order valence-electron chi connectivity index (χ2n) is 6.60. The van der Waals surface area contributed by atoms with Crippen LogP contribution in [0.3, 0.4) is 0 Å². The SMILES string of the molecule is CCN1CCNC(=O)[C@@H]1CC(=O)Nc1cc2c(C)cc(=O)oc2cc1C. The molecule has 138 valence electrons. The predicted octanol–water partition coefficient (Wildman–Crippen LogP) is 1.56. The molecule has 1 atom stereocenters. The van der Waals surface area contributed by atoms with Crippen molar-refractivity contribution in [2.45, 2.75) is 33.2 Å². The number of anilines is 1. The molecule has 1 aliphatic heterocycles. The molecule has 7 nitrogen and oxygen atoms in total. The second kappa shape index (κ2) is 7.29. The van der Waals surface area contributed by atoms with E-state index < -0.39 is 11.7 Å². The number of carbonyl (C=O) groups excluding carboxylic acids is 2. The lowest BCUT2D eigenvalue weighted by molar-refractivity contribution is -0.132. The van der Waals surface area contributed by atoms with Crippen LogP contribution in [0.15, 0.2) is 27.4 Å². The fourth-order valence-corrected chi connectivity index (χ4v) is 3.34. The maximum Gasteiger partial charge on any atom is 0.336 e. The second-order valence-corrected chi connectivity index (χ2v) is 6.60. The fraction of sp³-hybridized carbons (Fsp3) is 0.421. The summed E-state index contributed by atoms with van der Waals surface area (Å²) in [6, 6.07) is 4.52. The highest BCUT2D eigenvalue weighted by molar-refractivity contribution is 5.98. The number of hydrogen-bond donors (Lipinski definition) is 2. The number of benzene rings is 1. The first-order chi connectivity index (χ1) is 12.4. The lowest BCUT2D eigenvalue weighted by Crippen LogP contribution is -2.56. The van der Waals surface area contributed by atoms with Crippen molar-refractivity contribution in [3.8, 4) is 0 Å². The van der Waals surface area contributed by atoms with Crippen LogP contribution in [0.2, 0.25) is 0 Å². The Morgan fingerprint density at radius 1 is 1.27 bits per heavy atom. The molecular weight excluding hydrogens is 334 g/mol. The van der Waals surface area contributed by atoms with Gasteiger partial charge in [-0.2, -0.15) is 0 Å². The summed E-state index contributed by atoms with van der Waals surface area (Å²) < 4.78 is 5.22. The average Bonchev–Trinajstić information content (AvgIpc) is 2.58. The van der Waals surface area contributed by atoms with Crippen molar-refractivity contribution < 1.29 is 14.0 Å². The van der Waals surface area contributed by atoms with Crippen molar-refractivity contribution >= 4 is 28.5 Å². The number of nitrogens with zero attached hydrogens (tertiary/aromatic N) is 1. The molecule has 1 aromatic carbocycles. The molecule has 0 unspecified atom stereocenters. The number of rotatable bonds is 4. The van der Waals surface area contributed by atoms with Crippen LogP contribution in [-0.4, -0.2) is 42.4 Å². The Hall–Kier alpha value is -2.67. The number of amides is 2. The quantitative estimate of drug-likeness (QED) is 0.810. The van der Waals surface area contributed by atoms with Crippen molar-refractivity contribution in [2.24, 2.45) is 0 Å². The van der Waals surface area contributed by atoms with Gasteiger partial charge in [-0.1, -0.05) is 6.92 Å². The van der Waals surface area contributed by atoms with Crippen molar-refractivity contribution in [3.63, 3.8) is 0 Å². The van der Waals surface area contributed by atoms with Gasteiger partial charge in [-0.25, -0.2) is 4.79 Å². The van der Waals surface area contributed by atoms with Gasteiger partial charge in [-0.3, -0.25) is 14.5 Å². The van der Waals surface area contributed by atoms with Crippen LogP contribution < -0.4 is 16.3 Å². The molecule has 3 rings (SSSR count). The fourth-order valence-electron chi connectivity index (χ4n) is 3.34. The molecule has 2 amide bonds. The first-order valence-corrected chi connectivity index (χ1v) is 8.75. The first kappa shape index (κ1) is 18.1. The molecule has 0 aliphatic carbocycles. The zero-order chi connectivity index (χ0) is 18.8. The van der Waals surface area contributed by atoms with E-state index in [-0.39, 0.29) is 18.2 Å². The van der Waals surface area contributed by atoms with E-state index >= 15 is 0 Å². The Balaban J connectivity index is 1.81. The van der Waals surface area contributed by atoms with Crippen molar-refractivity contribution in [2.75, 3.05) is 25.0 Å². The molecule has 7 heteroatoms. The molecule has 26 heavy (non-hydrogen) atoms. The van der Waals surface area contributed by atoms with Gasteiger partial charge in [0.15, 0.2) is 0 Å². The summed E-state index contributed by atoms with van der Waals surface area (Å²) in [5, 5.41) is 6.48. The van der Waals surface area contributed by atoms with Crippen molar-refractivity contribution in [1.82, 2.24) is 10.2 Å². The topological polar surface area (TPSA) is 91.7 Å². The smallest absolute Gasteiger partial charge is 0.336 e. The first-order valence-electron chi connectivity index (χ1n) is 8.75. The Kier molecular flexibility index (Phi) is 5.08. The molecule has 1 saturated heterocycles. The van der Waals surface area contributed by atoms with Gasteiger partial charge in [-0.15, -0.1) is 0 Å². The van der Waals surface area contributed by atoms with Gasteiger partial charge in [-0.05, 0) is 43.7 Å². The highest BCUT2D eigenvalue weighted by atomic mass is 16.4. The highest BCUT2D eigenvalue weighted by Gasteiger charge is 2.30. The summed E-state index contributed by atoms with van der Waals surface area (Å²) >= 11 is 0. The standard InChI is InChI=1S/C19H23N3O4/c1-4-22-6-5-20-19(25)15(22)10-17(23)21-14-9-13-11(2)8-18(24)26-16(13)7-12(14)3/h7-9,15H,4-6,10H2,1-3H3,(H,20,25)(H,21,23)/t15-/m0/s1. The Bertz CT molecular complexity index is 919. The third-order valence-corrected chi connectivity index (χ3v) is 4.80. The molecule has 1 fully saturated rings. The van der Waals surface area contributed by atoms with Crippen LogP contribution in [0.1, 0.15) is 24.5 Å². The number of nitrogens with one attached hydrogen (secondary N) is 2. The van der Waals surface area contributed by atoms with Crippen LogP contribution in [0.25, 0.3) is 11.0 Å². The summed E-state index contributed by atoms with van der Waals surface area (Å²) in [6.07, 6.45) is 0.0972. The van der Waals surface area contributed by atoms with E-state index in [1.165, 1.54) is 6.07 Å². The van der Waals surface area contributed by atoms with Gasteiger partial charge >= 0.3 is 5.63 Å². The zero-order valence-electron chi connectivity index (χ0n) is 15.2. The summed E-state index contributed by atoms with van der Waals surface area (Å²) in [5.41, 5.74) is 2.33. The molecule has 0 saturated carbocycles. The van der Waals surface area contributed by atoms with Gasteiger partial charge in [0, 0.05) is 30.2 Å². The minimum atomic E-state index is -0.450. The largest absolute Gasteiger partial charge is 0.423 e. The molecule has 2 N–H and O–H groups in total. The lowest BCUT2D eigenvalue weighted by atomic mass is 10.1. The summed E-state index contributed by atoms with van der Waals surface area (Å²) in [6.45, 7) is 7.72. The van der Waals surface area contributed by atoms with Crippen molar-refractivity contribution in [3.05, 3.63) is 39.7 Å². The van der Waals surface area contributed by atoms with Crippen LogP contribution in [0.5, 0.6) is 0 Å². The van der Waals surface area contributed by atoms with Crippen molar-refractivity contribution in [1.29, 1.82) is 0 Å². The van der Waals surface area contributed by atoms with E-state index in [9.17, 15) is 14.4 Å². The van der Waals surface area contributed by atoms with Crippen LogP contribution in [0, 0.1) is 13.8 Å². The molecule has 1 aromatic heterocycles. The molecule has 2 aromatic rings. The average molecular weight is 357 g/mol. The normalized spacial score (nSPS) is 18.0. The molecular formula is C19H23N3O4. The monoisotopic (exact) mass is 357 g/mol. The van der Waals surface area contributed by atoms with E-state index in [1.807, 2.05) is 25.7 Å². The van der Waals surface area contributed by atoms with E-state index in [2.05, 4.69) is 10.6 Å². The summed E-state index contributed by atoms with van der Waals surface area (Å²) in [5.74, 6) is -0.330. The van der Waals surface area contributed by atoms with Gasteiger partial charge in [0.1, 0.15) is 5.58 Å². The summed E-state index contributed by atoms with van der Waals surface area (Å²) in [7, 11) is 0. The highest BCUT2D eigenvalue weighted by Crippen LogP contribution is 2.25. The van der Waals surface area contributed by atoms with E-state index in [0.717, 1.165) is 29.6 Å². The maximum absolute atomic E-state index is 12.5. The van der Waals surface area contributed by atoms with Gasteiger partial charge in [0.05, 0.1) is 12.5 Å². The number of piperazine rings is 1. The lowest BCUT2D eigenvalue weighted by Gasteiger charge is -2.33. The summed E-state index contributed by atoms with van der Waals surface area (Å²) in [4.78, 5) is 38.1. The van der Waals surface area contributed by atoms with E-state index in [0.29, 0.717) is 17.8 Å².